The molecule has 15 heavy (non-hydrogen) atoms. The van der Waals surface area contributed by atoms with E-state index < -0.39 is 0 Å². The van der Waals surface area contributed by atoms with Crippen LogP contribution in [0.5, 0.6) is 0 Å². The zero-order valence-corrected chi connectivity index (χ0v) is 8.96. The Morgan fingerprint density at radius 1 is 1.07 bits per heavy atom. The highest BCUT2D eigenvalue weighted by Gasteiger charge is 2.16. The molecule has 2 nitrogen and oxygen atoms in total. The smallest absolute Gasteiger partial charge is 0.0484 e. The molecule has 0 saturated carbocycles. The second-order valence-electron chi connectivity index (χ2n) is 3.95. The van der Waals surface area contributed by atoms with Gasteiger partial charge in [0.25, 0.3) is 0 Å². The van der Waals surface area contributed by atoms with E-state index in [1.807, 2.05) is 17.1 Å². The van der Waals surface area contributed by atoms with Crippen molar-refractivity contribution >= 4 is 22.4 Å². The monoisotopic (exact) mass is 218 g/mol. The summed E-state index contributed by atoms with van der Waals surface area (Å²) >= 11 is 6.17. The topological polar surface area (TPSA) is 29.3 Å². The zero-order valence-electron chi connectivity index (χ0n) is 8.20. The highest BCUT2D eigenvalue weighted by Crippen LogP contribution is 2.32. The average molecular weight is 219 g/mol. The minimum Gasteiger partial charge on any atom is -0.268 e. The molecule has 0 radical (unpaired) electrons. The average Bonchev–Trinajstić information content (AvgIpc) is 2.23. The van der Waals surface area contributed by atoms with Gasteiger partial charge in [-0.15, -0.1) is 0 Å². The van der Waals surface area contributed by atoms with Gasteiger partial charge in [0.05, 0.1) is 0 Å². The van der Waals surface area contributed by atoms with Crippen LogP contribution in [0, 0.1) is 0 Å². The Bertz CT molecular complexity index is 524. The summed E-state index contributed by atoms with van der Waals surface area (Å²) in [6.45, 7) is 1.59. The summed E-state index contributed by atoms with van der Waals surface area (Å²) in [6.07, 6.45) is 0. The summed E-state index contributed by atoms with van der Waals surface area (Å²) in [5, 5.41) is 5.07. The van der Waals surface area contributed by atoms with E-state index in [-0.39, 0.29) is 0 Å². The van der Waals surface area contributed by atoms with Crippen LogP contribution in [-0.2, 0) is 13.1 Å². The van der Waals surface area contributed by atoms with Gasteiger partial charge in [-0.2, -0.15) is 0 Å². The lowest BCUT2D eigenvalue weighted by Gasteiger charge is -2.25. The summed E-state index contributed by atoms with van der Waals surface area (Å²) in [5.41, 5.74) is 2.53. The Kier molecular flexibility index (Phi) is 1.96. The number of hydrogen-bond donors (Lipinski definition) is 1. The van der Waals surface area contributed by atoms with Gasteiger partial charge >= 0.3 is 0 Å². The van der Waals surface area contributed by atoms with Crippen LogP contribution in [0.1, 0.15) is 11.1 Å². The standard InChI is InChI=1S/C12H11ClN2/c13-11-5-4-9-7-15(14)6-8-2-1-3-10(11)12(8)9/h1-5H,6-7,14H2. The molecule has 1 aliphatic rings. The molecule has 1 aliphatic heterocycles. The number of benzene rings is 2. The molecule has 0 aliphatic carbocycles. The third-order valence-corrected chi connectivity index (χ3v) is 3.24. The molecule has 0 saturated heterocycles. The Labute approximate surface area is 93.2 Å². The number of hydrogen-bond acceptors (Lipinski definition) is 2. The molecular formula is C12H11ClN2. The second kappa shape index (κ2) is 3.20. The van der Waals surface area contributed by atoms with Crippen molar-refractivity contribution in [2.75, 3.05) is 0 Å². The van der Waals surface area contributed by atoms with Crippen LogP contribution in [-0.4, -0.2) is 5.01 Å². The maximum atomic E-state index is 6.17. The van der Waals surface area contributed by atoms with Gasteiger partial charge in [0.15, 0.2) is 0 Å². The van der Waals surface area contributed by atoms with Gasteiger partial charge in [0.1, 0.15) is 0 Å². The summed E-state index contributed by atoms with van der Waals surface area (Å²) in [7, 11) is 0. The lowest BCUT2D eigenvalue weighted by Crippen LogP contribution is -2.32. The van der Waals surface area contributed by atoms with Crippen LogP contribution in [0.15, 0.2) is 30.3 Å². The summed E-state index contributed by atoms with van der Waals surface area (Å²) < 4.78 is 0. The Morgan fingerprint density at radius 3 is 2.60 bits per heavy atom. The first kappa shape index (κ1) is 9.16. The van der Waals surface area contributed by atoms with Crippen molar-refractivity contribution in [2.24, 2.45) is 5.84 Å². The Morgan fingerprint density at radius 2 is 1.80 bits per heavy atom. The van der Waals surface area contributed by atoms with Crippen molar-refractivity contribution in [3.8, 4) is 0 Å². The quantitative estimate of drug-likeness (QED) is 0.689. The van der Waals surface area contributed by atoms with Crippen molar-refractivity contribution in [1.29, 1.82) is 0 Å². The first-order valence-corrected chi connectivity index (χ1v) is 5.32. The third kappa shape index (κ3) is 1.34. The van der Waals surface area contributed by atoms with E-state index in [9.17, 15) is 0 Å². The molecule has 2 N–H and O–H groups in total. The molecule has 76 valence electrons. The molecular weight excluding hydrogens is 208 g/mol. The van der Waals surface area contributed by atoms with Crippen LogP contribution in [0.4, 0.5) is 0 Å². The highest BCUT2D eigenvalue weighted by molar-refractivity contribution is 6.35. The van der Waals surface area contributed by atoms with Crippen LogP contribution in [0.2, 0.25) is 5.02 Å². The fraction of sp³-hybridized carbons (Fsp3) is 0.167. The van der Waals surface area contributed by atoms with E-state index in [4.69, 9.17) is 17.4 Å². The van der Waals surface area contributed by atoms with E-state index in [0.29, 0.717) is 0 Å². The van der Waals surface area contributed by atoms with Crippen molar-refractivity contribution in [1.82, 2.24) is 5.01 Å². The van der Waals surface area contributed by atoms with Gasteiger partial charge in [-0.3, -0.25) is 5.84 Å². The molecule has 3 heteroatoms. The SMILES string of the molecule is NN1Cc2cccc3c(Cl)ccc(c23)C1. The van der Waals surface area contributed by atoms with Crippen molar-refractivity contribution in [3.05, 3.63) is 46.5 Å². The number of halogens is 1. The molecule has 0 aromatic heterocycles. The first-order valence-electron chi connectivity index (χ1n) is 4.94. The van der Waals surface area contributed by atoms with Gasteiger partial charge in [-0.25, -0.2) is 5.01 Å². The maximum Gasteiger partial charge on any atom is 0.0484 e. The number of nitrogens with two attached hydrogens (primary N) is 1. The van der Waals surface area contributed by atoms with Gasteiger partial charge in [-0.05, 0) is 22.6 Å². The largest absolute Gasteiger partial charge is 0.268 e. The van der Waals surface area contributed by atoms with Crippen LogP contribution in [0.3, 0.4) is 0 Å². The molecule has 2 aromatic carbocycles. The minimum atomic E-state index is 0.796. The molecule has 0 atom stereocenters. The summed E-state index contributed by atoms with van der Waals surface area (Å²) in [6, 6.07) is 10.2. The van der Waals surface area contributed by atoms with E-state index >= 15 is 0 Å². The molecule has 0 amide bonds. The lowest BCUT2D eigenvalue weighted by molar-refractivity contribution is 0.261. The number of rotatable bonds is 0. The van der Waals surface area contributed by atoms with Gasteiger partial charge in [0.2, 0.25) is 0 Å². The van der Waals surface area contributed by atoms with Gasteiger partial charge in [0, 0.05) is 23.5 Å². The zero-order chi connectivity index (χ0) is 10.4. The van der Waals surface area contributed by atoms with Gasteiger partial charge in [-0.1, -0.05) is 35.9 Å². The molecule has 0 spiro atoms. The first-order chi connectivity index (χ1) is 7.25. The van der Waals surface area contributed by atoms with Crippen molar-refractivity contribution in [3.63, 3.8) is 0 Å². The third-order valence-electron chi connectivity index (χ3n) is 2.91. The van der Waals surface area contributed by atoms with E-state index in [1.165, 1.54) is 16.5 Å². The summed E-state index contributed by atoms with van der Waals surface area (Å²) in [4.78, 5) is 0. The highest BCUT2D eigenvalue weighted by atomic mass is 35.5. The maximum absolute atomic E-state index is 6.17. The minimum absolute atomic E-state index is 0.796. The number of nitrogens with zero attached hydrogens (tertiary/aromatic N) is 1. The predicted molar refractivity (Wildman–Crippen MR) is 62.4 cm³/mol. The van der Waals surface area contributed by atoms with E-state index in [1.54, 1.807) is 0 Å². The van der Waals surface area contributed by atoms with Crippen molar-refractivity contribution < 1.29 is 0 Å². The molecule has 1 heterocycles. The van der Waals surface area contributed by atoms with E-state index in [2.05, 4.69) is 18.2 Å². The lowest BCUT2D eigenvalue weighted by atomic mass is 9.96. The number of hydrazine groups is 1. The molecule has 2 aromatic rings. The fourth-order valence-corrected chi connectivity index (χ4v) is 2.50. The fourth-order valence-electron chi connectivity index (χ4n) is 2.28. The Balaban J connectivity index is 2.42. The van der Waals surface area contributed by atoms with Crippen LogP contribution >= 0.6 is 11.6 Å². The molecule has 3 rings (SSSR count). The van der Waals surface area contributed by atoms with Crippen LogP contribution in [0.25, 0.3) is 10.8 Å². The summed E-state index contributed by atoms with van der Waals surface area (Å²) in [5.74, 6) is 5.86. The van der Waals surface area contributed by atoms with Crippen LogP contribution < -0.4 is 5.84 Å². The van der Waals surface area contributed by atoms with Gasteiger partial charge < -0.3 is 0 Å². The van der Waals surface area contributed by atoms with E-state index in [0.717, 1.165) is 23.5 Å². The molecule has 0 fully saturated rings. The van der Waals surface area contributed by atoms with Crippen molar-refractivity contribution in [2.45, 2.75) is 13.1 Å². The molecule has 0 unspecified atom stereocenters. The molecule has 0 bridgehead atoms. The normalized spacial score (nSPS) is 15.9. The predicted octanol–water partition coefficient (Wildman–Crippen LogP) is 2.68. The second-order valence-corrected chi connectivity index (χ2v) is 4.36. The Hall–Kier alpha value is -1.09.